The number of aliphatic hydroxyl groups excluding tert-OH is 1. The third-order valence-corrected chi connectivity index (χ3v) is 1.39. The van der Waals surface area contributed by atoms with Crippen LogP contribution in [-0.2, 0) is 9.59 Å². The Morgan fingerprint density at radius 2 is 2.14 bits per heavy atom. The molecule has 0 aliphatic rings. The molecule has 0 fully saturated rings. The summed E-state index contributed by atoms with van der Waals surface area (Å²) in [6, 6.07) is -1.24. The second kappa shape index (κ2) is 7.05. The van der Waals surface area contributed by atoms with E-state index in [1.54, 1.807) is 6.08 Å². The van der Waals surface area contributed by atoms with Crippen LogP contribution in [0.2, 0.25) is 0 Å². The predicted molar refractivity (Wildman–Crippen MR) is 49.7 cm³/mol. The highest BCUT2D eigenvalue weighted by atomic mass is 16.4. The van der Waals surface area contributed by atoms with E-state index in [-0.39, 0.29) is 6.54 Å². The maximum Gasteiger partial charge on any atom is 0.328 e. The van der Waals surface area contributed by atoms with Gasteiger partial charge in [0.1, 0.15) is 6.04 Å². The molecule has 4 N–H and O–H groups in total. The predicted octanol–water partition coefficient (Wildman–Crippen LogP) is -1.68. The first-order chi connectivity index (χ1) is 6.61. The van der Waals surface area contributed by atoms with E-state index < -0.39 is 24.5 Å². The number of nitrogens with one attached hydrogen (secondary N) is 2. The molecule has 0 aromatic heterocycles. The SMILES string of the molecule is C=CCNCC(=O)NC(CO)C(=O)O. The van der Waals surface area contributed by atoms with Crippen LogP contribution in [0, 0.1) is 0 Å². The maximum absolute atomic E-state index is 11.0. The van der Waals surface area contributed by atoms with E-state index in [0.29, 0.717) is 6.54 Å². The van der Waals surface area contributed by atoms with Crippen molar-refractivity contribution in [3.63, 3.8) is 0 Å². The van der Waals surface area contributed by atoms with Crippen LogP contribution in [0.3, 0.4) is 0 Å². The minimum Gasteiger partial charge on any atom is -0.480 e. The van der Waals surface area contributed by atoms with Crippen LogP contribution < -0.4 is 10.6 Å². The number of carboxylic acids is 1. The molecule has 0 aliphatic heterocycles. The average molecular weight is 202 g/mol. The summed E-state index contributed by atoms with van der Waals surface area (Å²) < 4.78 is 0. The standard InChI is InChI=1S/C8H14N2O4/c1-2-3-9-4-7(12)10-6(5-11)8(13)14/h2,6,9,11H,1,3-5H2,(H,10,12)(H,13,14). The van der Waals surface area contributed by atoms with E-state index in [1.807, 2.05) is 0 Å². The molecule has 1 atom stereocenters. The molecule has 0 heterocycles. The second-order valence-corrected chi connectivity index (χ2v) is 2.56. The van der Waals surface area contributed by atoms with E-state index in [9.17, 15) is 9.59 Å². The number of carbonyl (C=O) groups excluding carboxylic acids is 1. The Hall–Kier alpha value is -1.40. The molecule has 0 spiro atoms. The lowest BCUT2D eigenvalue weighted by atomic mass is 10.3. The van der Waals surface area contributed by atoms with Gasteiger partial charge in [-0.1, -0.05) is 6.08 Å². The summed E-state index contributed by atoms with van der Waals surface area (Å²) in [5.74, 6) is -1.74. The molecule has 0 radical (unpaired) electrons. The molecule has 0 aromatic rings. The van der Waals surface area contributed by atoms with Crippen molar-refractivity contribution in [1.29, 1.82) is 0 Å². The van der Waals surface area contributed by atoms with Gasteiger partial charge in [0.2, 0.25) is 5.91 Å². The molecule has 0 bridgehead atoms. The molecule has 6 heteroatoms. The van der Waals surface area contributed by atoms with Crippen LogP contribution in [-0.4, -0.2) is 47.8 Å². The molecule has 6 nitrogen and oxygen atoms in total. The largest absolute Gasteiger partial charge is 0.480 e. The van der Waals surface area contributed by atoms with Gasteiger partial charge in [0.25, 0.3) is 0 Å². The Balaban J connectivity index is 3.79. The third kappa shape index (κ3) is 5.28. The number of carboxylic acid groups (broad SMARTS) is 1. The Morgan fingerprint density at radius 3 is 2.57 bits per heavy atom. The van der Waals surface area contributed by atoms with Gasteiger partial charge in [-0.2, -0.15) is 0 Å². The van der Waals surface area contributed by atoms with Crippen molar-refractivity contribution in [2.75, 3.05) is 19.7 Å². The first-order valence-corrected chi connectivity index (χ1v) is 4.06. The fourth-order valence-electron chi connectivity index (χ4n) is 0.719. The minimum atomic E-state index is -1.26. The van der Waals surface area contributed by atoms with E-state index in [4.69, 9.17) is 10.2 Å². The molecule has 1 unspecified atom stereocenters. The van der Waals surface area contributed by atoms with E-state index in [0.717, 1.165) is 0 Å². The van der Waals surface area contributed by atoms with Crippen molar-refractivity contribution in [2.45, 2.75) is 6.04 Å². The number of carbonyl (C=O) groups is 2. The fraction of sp³-hybridized carbons (Fsp3) is 0.500. The van der Waals surface area contributed by atoms with Crippen LogP contribution >= 0.6 is 0 Å². The number of amides is 1. The molecule has 0 saturated heterocycles. The summed E-state index contributed by atoms with van der Waals surface area (Å²) in [5, 5.41) is 21.9. The topological polar surface area (TPSA) is 98.7 Å². The number of rotatable bonds is 7. The quantitative estimate of drug-likeness (QED) is 0.292. The summed E-state index contributed by atoms with van der Waals surface area (Å²) in [5.41, 5.74) is 0. The zero-order chi connectivity index (χ0) is 11.0. The molecular weight excluding hydrogens is 188 g/mol. The van der Waals surface area contributed by atoms with Crippen molar-refractivity contribution in [2.24, 2.45) is 0 Å². The van der Waals surface area contributed by atoms with Gasteiger partial charge in [0, 0.05) is 6.54 Å². The molecule has 1 amide bonds. The van der Waals surface area contributed by atoms with Crippen molar-refractivity contribution in [1.82, 2.24) is 10.6 Å². The van der Waals surface area contributed by atoms with E-state index >= 15 is 0 Å². The molecule has 14 heavy (non-hydrogen) atoms. The molecular formula is C8H14N2O4. The van der Waals surface area contributed by atoms with E-state index in [1.165, 1.54) is 0 Å². The van der Waals surface area contributed by atoms with Gasteiger partial charge in [-0.05, 0) is 0 Å². The molecule has 0 aliphatic carbocycles. The highest BCUT2D eigenvalue weighted by Crippen LogP contribution is 1.81. The number of aliphatic carboxylic acids is 1. The van der Waals surface area contributed by atoms with Gasteiger partial charge >= 0.3 is 5.97 Å². The van der Waals surface area contributed by atoms with Crippen molar-refractivity contribution >= 4 is 11.9 Å². The Kier molecular flexibility index (Phi) is 6.34. The van der Waals surface area contributed by atoms with Crippen LogP contribution in [0.25, 0.3) is 0 Å². The number of hydrogen-bond acceptors (Lipinski definition) is 4. The van der Waals surface area contributed by atoms with Crippen molar-refractivity contribution in [3.05, 3.63) is 12.7 Å². The minimum absolute atomic E-state index is 0.00417. The van der Waals surface area contributed by atoms with Gasteiger partial charge in [-0.15, -0.1) is 6.58 Å². The van der Waals surface area contributed by atoms with Crippen molar-refractivity contribution in [3.8, 4) is 0 Å². The lowest BCUT2D eigenvalue weighted by Gasteiger charge is -2.11. The Morgan fingerprint density at radius 1 is 1.50 bits per heavy atom. The molecule has 0 aromatic carbocycles. The first-order valence-electron chi connectivity index (χ1n) is 4.06. The van der Waals surface area contributed by atoms with Gasteiger partial charge in [0.05, 0.1) is 13.2 Å². The van der Waals surface area contributed by atoms with Crippen LogP contribution in [0.4, 0.5) is 0 Å². The summed E-state index contributed by atoms with van der Waals surface area (Å²) in [6.45, 7) is 3.27. The monoisotopic (exact) mass is 202 g/mol. The van der Waals surface area contributed by atoms with Crippen molar-refractivity contribution < 1.29 is 19.8 Å². The average Bonchev–Trinajstić information content (AvgIpc) is 2.14. The zero-order valence-electron chi connectivity index (χ0n) is 7.69. The normalized spacial score (nSPS) is 11.8. The maximum atomic E-state index is 11.0. The second-order valence-electron chi connectivity index (χ2n) is 2.56. The van der Waals surface area contributed by atoms with Gasteiger partial charge in [-0.25, -0.2) is 4.79 Å². The summed E-state index contributed by atoms with van der Waals surface area (Å²) in [7, 11) is 0. The van der Waals surface area contributed by atoms with E-state index in [2.05, 4.69) is 17.2 Å². The highest BCUT2D eigenvalue weighted by Gasteiger charge is 2.17. The van der Waals surface area contributed by atoms with Gasteiger partial charge in [0.15, 0.2) is 0 Å². The van der Waals surface area contributed by atoms with Crippen LogP contribution in [0.1, 0.15) is 0 Å². The number of aliphatic hydroxyl groups is 1. The van der Waals surface area contributed by atoms with Gasteiger partial charge in [-0.3, -0.25) is 4.79 Å². The molecule has 80 valence electrons. The third-order valence-electron chi connectivity index (χ3n) is 1.39. The Bertz CT molecular complexity index is 217. The van der Waals surface area contributed by atoms with Crippen LogP contribution in [0.5, 0.6) is 0 Å². The fourth-order valence-corrected chi connectivity index (χ4v) is 0.719. The smallest absolute Gasteiger partial charge is 0.328 e. The summed E-state index contributed by atoms with van der Waals surface area (Å²) in [6.07, 6.45) is 1.58. The van der Waals surface area contributed by atoms with Gasteiger partial charge < -0.3 is 20.8 Å². The summed E-state index contributed by atoms with van der Waals surface area (Å²) in [4.78, 5) is 21.4. The lowest BCUT2D eigenvalue weighted by Crippen LogP contribution is -2.46. The van der Waals surface area contributed by atoms with Crippen LogP contribution in [0.15, 0.2) is 12.7 Å². The lowest BCUT2D eigenvalue weighted by molar-refractivity contribution is -0.142. The molecule has 0 saturated carbocycles. The first kappa shape index (κ1) is 12.6. The Labute approximate surface area is 81.6 Å². The molecule has 0 rings (SSSR count). The summed E-state index contributed by atoms with van der Waals surface area (Å²) >= 11 is 0. The zero-order valence-corrected chi connectivity index (χ0v) is 7.69. The number of hydrogen-bond donors (Lipinski definition) is 4. The highest BCUT2D eigenvalue weighted by molar-refractivity contribution is 5.84.